The number of hydrogen-bond acceptors (Lipinski definition) is 2. The Hall–Kier alpha value is -2.59. The smallest absolute Gasteiger partial charge is 0.253 e. The lowest BCUT2D eigenvalue weighted by Crippen LogP contribution is -2.36. The van der Waals surface area contributed by atoms with Crippen molar-refractivity contribution in [1.29, 1.82) is 0 Å². The molecular formula is C23H27N3O. The quantitative estimate of drug-likeness (QED) is 0.710. The number of carbonyl (C=O) groups is 1. The Bertz CT molecular complexity index is 939. The normalized spacial score (nSPS) is 15.9. The molecule has 4 heteroatoms. The number of hydrogen-bond donors (Lipinski definition) is 2. The second-order valence-electron chi connectivity index (χ2n) is 7.48. The van der Waals surface area contributed by atoms with Gasteiger partial charge in [-0.3, -0.25) is 9.69 Å². The first-order valence-corrected chi connectivity index (χ1v) is 9.80. The number of benzene rings is 2. The number of likely N-dealkylation sites (tertiary alicyclic amines) is 1. The van der Waals surface area contributed by atoms with Gasteiger partial charge in [0.05, 0.1) is 17.1 Å². The van der Waals surface area contributed by atoms with Gasteiger partial charge >= 0.3 is 0 Å². The molecule has 2 aromatic carbocycles. The number of carbonyl (C=O) groups excluding carboxylic acids is 1. The van der Waals surface area contributed by atoms with E-state index in [2.05, 4.69) is 59.4 Å². The van der Waals surface area contributed by atoms with Crippen LogP contribution < -0.4 is 5.32 Å². The van der Waals surface area contributed by atoms with Gasteiger partial charge in [-0.25, -0.2) is 0 Å². The van der Waals surface area contributed by atoms with Crippen molar-refractivity contribution in [2.75, 3.05) is 19.6 Å². The highest BCUT2D eigenvalue weighted by molar-refractivity contribution is 6.06. The van der Waals surface area contributed by atoms with Crippen LogP contribution in [0.2, 0.25) is 0 Å². The molecule has 2 N–H and O–H groups in total. The van der Waals surface area contributed by atoms with Gasteiger partial charge in [-0.2, -0.15) is 0 Å². The zero-order chi connectivity index (χ0) is 18.8. The molecule has 1 unspecified atom stereocenters. The second-order valence-corrected chi connectivity index (χ2v) is 7.48. The first kappa shape index (κ1) is 17.8. The number of nitrogens with one attached hydrogen (secondary N) is 2. The molecule has 140 valence electrons. The monoisotopic (exact) mass is 361 g/mol. The van der Waals surface area contributed by atoms with Crippen molar-refractivity contribution in [3.8, 4) is 0 Å². The highest BCUT2D eigenvalue weighted by atomic mass is 16.1. The number of H-pyrrole nitrogens is 1. The fourth-order valence-corrected chi connectivity index (χ4v) is 4.14. The number of aromatic nitrogens is 1. The largest absolute Gasteiger partial charge is 0.358 e. The van der Waals surface area contributed by atoms with Crippen molar-refractivity contribution in [1.82, 2.24) is 15.2 Å². The third kappa shape index (κ3) is 3.50. The van der Waals surface area contributed by atoms with Gasteiger partial charge in [0.15, 0.2) is 0 Å². The van der Waals surface area contributed by atoms with E-state index in [9.17, 15) is 4.79 Å². The fourth-order valence-electron chi connectivity index (χ4n) is 4.14. The molecule has 0 aliphatic carbocycles. The molecule has 27 heavy (non-hydrogen) atoms. The van der Waals surface area contributed by atoms with Crippen LogP contribution in [0.4, 0.5) is 0 Å². The van der Waals surface area contributed by atoms with E-state index in [1.54, 1.807) is 0 Å². The number of aromatic amines is 1. The van der Waals surface area contributed by atoms with E-state index < -0.39 is 0 Å². The molecule has 4 nitrogen and oxygen atoms in total. The van der Waals surface area contributed by atoms with E-state index in [-0.39, 0.29) is 11.9 Å². The molecule has 2 heterocycles. The zero-order valence-electron chi connectivity index (χ0n) is 16.1. The Kier molecular flexibility index (Phi) is 4.99. The van der Waals surface area contributed by atoms with Crippen LogP contribution in [0.15, 0.2) is 48.5 Å². The number of rotatable bonds is 5. The van der Waals surface area contributed by atoms with Gasteiger partial charge in [-0.1, -0.05) is 42.5 Å². The number of nitrogens with zero attached hydrogens (tertiary/aromatic N) is 1. The number of amides is 1. The third-order valence-electron chi connectivity index (χ3n) is 5.81. The van der Waals surface area contributed by atoms with E-state index >= 15 is 0 Å². The molecule has 0 saturated carbocycles. The molecule has 3 aromatic rings. The highest BCUT2D eigenvalue weighted by Crippen LogP contribution is 2.26. The van der Waals surface area contributed by atoms with Crippen LogP contribution in [-0.2, 0) is 0 Å². The molecule has 1 aromatic heterocycles. The Balaban J connectivity index is 1.56. The first-order valence-electron chi connectivity index (χ1n) is 9.80. The maximum Gasteiger partial charge on any atom is 0.253 e. The van der Waals surface area contributed by atoms with Crippen molar-refractivity contribution in [2.45, 2.75) is 32.7 Å². The maximum absolute atomic E-state index is 13.0. The molecule has 1 fully saturated rings. The average molecular weight is 361 g/mol. The average Bonchev–Trinajstić information content (AvgIpc) is 3.32. The molecule has 1 aliphatic heterocycles. The van der Waals surface area contributed by atoms with Gasteiger partial charge in [0.1, 0.15) is 0 Å². The minimum absolute atomic E-state index is 0.0121. The molecule has 4 rings (SSSR count). The summed E-state index contributed by atoms with van der Waals surface area (Å²) in [5, 5.41) is 4.32. The lowest BCUT2D eigenvalue weighted by Gasteiger charge is -2.28. The minimum Gasteiger partial charge on any atom is -0.358 e. The first-order chi connectivity index (χ1) is 13.1. The summed E-state index contributed by atoms with van der Waals surface area (Å²) in [5.74, 6) is -0.0121. The van der Waals surface area contributed by atoms with E-state index in [0.29, 0.717) is 6.54 Å². The van der Waals surface area contributed by atoms with Crippen molar-refractivity contribution >= 4 is 16.8 Å². The molecule has 1 atom stereocenters. The Morgan fingerprint density at radius 3 is 2.56 bits per heavy atom. The van der Waals surface area contributed by atoms with Gasteiger partial charge < -0.3 is 10.3 Å². The third-order valence-corrected chi connectivity index (χ3v) is 5.81. The lowest BCUT2D eigenvalue weighted by molar-refractivity contribution is 0.0939. The van der Waals surface area contributed by atoms with Crippen LogP contribution in [0.3, 0.4) is 0 Å². The molecule has 1 aliphatic rings. The molecule has 0 bridgehead atoms. The van der Waals surface area contributed by atoms with E-state index in [1.165, 1.54) is 24.0 Å². The highest BCUT2D eigenvalue weighted by Gasteiger charge is 2.24. The van der Waals surface area contributed by atoms with Crippen LogP contribution in [0.25, 0.3) is 10.9 Å². The van der Waals surface area contributed by atoms with Crippen molar-refractivity contribution in [2.24, 2.45) is 0 Å². The van der Waals surface area contributed by atoms with E-state index in [4.69, 9.17) is 0 Å². The maximum atomic E-state index is 13.0. The van der Waals surface area contributed by atoms with Crippen LogP contribution in [0.5, 0.6) is 0 Å². The topological polar surface area (TPSA) is 48.1 Å². The van der Waals surface area contributed by atoms with Gasteiger partial charge in [0.2, 0.25) is 0 Å². The summed E-state index contributed by atoms with van der Waals surface area (Å²) in [5.41, 5.74) is 5.24. The second kappa shape index (κ2) is 7.57. The zero-order valence-corrected chi connectivity index (χ0v) is 16.1. The molecule has 1 amide bonds. The standard InChI is InChI=1S/C23H27N3O/c1-16-17(2)25-22-19(16)11-8-12-20(22)23(27)24-15-21(26-13-6-7-14-26)18-9-4-3-5-10-18/h3-5,8-12,21,25H,6-7,13-15H2,1-2H3,(H,24,27). The molecule has 0 spiro atoms. The summed E-state index contributed by atoms with van der Waals surface area (Å²) in [6.07, 6.45) is 2.47. The summed E-state index contributed by atoms with van der Waals surface area (Å²) in [4.78, 5) is 18.8. The van der Waals surface area contributed by atoms with Gasteiger partial charge in [0.25, 0.3) is 5.91 Å². The van der Waals surface area contributed by atoms with Crippen LogP contribution in [-0.4, -0.2) is 35.4 Å². The summed E-state index contributed by atoms with van der Waals surface area (Å²) in [7, 11) is 0. The summed E-state index contributed by atoms with van der Waals surface area (Å²) in [6.45, 7) is 6.96. The van der Waals surface area contributed by atoms with Gasteiger partial charge in [-0.15, -0.1) is 0 Å². The Morgan fingerprint density at radius 2 is 1.81 bits per heavy atom. The Morgan fingerprint density at radius 1 is 1.07 bits per heavy atom. The number of fused-ring (bicyclic) bond motifs is 1. The SMILES string of the molecule is Cc1[nH]c2c(C(=O)NCC(c3ccccc3)N3CCCC3)cccc2c1C. The molecular weight excluding hydrogens is 334 g/mol. The molecule has 1 saturated heterocycles. The van der Waals surface area contributed by atoms with Crippen LogP contribution >= 0.6 is 0 Å². The van der Waals surface area contributed by atoms with E-state index in [0.717, 1.165) is 35.2 Å². The van der Waals surface area contributed by atoms with Crippen LogP contribution in [0, 0.1) is 13.8 Å². The lowest BCUT2D eigenvalue weighted by atomic mass is 10.0. The van der Waals surface area contributed by atoms with Gasteiger partial charge in [0, 0.05) is 17.6 Å². The molecule has 0 radical (unpaired) electrons. The Labute approximate surface area is 160 Å². The predicted molar refractivity (Wildman–Crippen MR) is 110 cm³/mol. The predicted octanol–water partition coefficient (Wildman–Crippen LogP) is 4.35. The van der Waals surface area contributed by atoms with Gasteiger partial charge in [-0.05, 0) is 57.0 Å². The van der Waals surface area contributed by atoms with Crippen molar-refractivity contribution < 1.29 is 4.79 Å². The van der Waals surface area contributed by atoms with Crippen molar-refractivity contribution in [3.05, 3.63) is 70.9 Å². The van der Waals surface area contributed by atoms with Crippen LogP contribution in [0.1, 0.15) is 46.1 Å². The fraction of sp³-hybridized carbons (Fsp3) is 0.348. The number of para-hydroxylation sites is 1. The summed E-state index contributed by atoms with van der Waals surface area (Å²) < 4.78 is 0. The van der Waals surface area contributed by atoms with Crippen molar-refractivity contribution in [3.63, 3.8) is 0 Å². The summed E-state index contributed by atoms with van der Waals surface area (Å²) >= 11 is 0. The summed E-state index contributed by atoms with van der Waals surface area (Å²) in [6, 6.07) is 16.7. The minimum atomic E-state index is -0.0121. The van der Waals surface area contributed by atoms with E-state index in [1.807, 2.05) is 18.2 Å². The number of aryl methyl sites for hydroxylation is 2.